The Morgan fingerprint density at radius 1 is 0.660 bits per heavy atom. The van der Waals surface area contributed by atoms with Crippen molar-refractivity contribution < 1.29 is 19.1 Å². The summed E-state index contributed by atoms with van der Waals surface area (Å²) in [6.07, 6.45) is 11.4. The lowest BCUT2D eigenvalue weighted by molar-refractivity contribution is 0.0149. The lowest BCUT2D eigenvalue weighted by Crippen LogP contribution is -2.44. The number of hydrogen-bond acceptors (Lipinski definition) is 7. The van der Waals surface area contributed by atoms with Gasteiger partial charge in [0.15, 0.2) is 0 Å². The number of nitrogens with two attached hydrogens (primary N) is 1. The Morgan fingerprint density at radius 3 is 1.38 bits per heavy atom. The largest absolute Gasteiger partial charge is 0.444 e. The van der Waals surface area contributed by atoms with Gasteiger partial charge in [0.25, 0.3) is 0 Å². The van der Waals surface area contributed by atoms with Gasteiger partial charge in [-0.2, -0.15) is 0 Å². The molecule has 0 bridgehead atoms. The zero-order valence-corrected chi connectivity index (χ0v) is 32.0. The molecule has 2 unspecified atom stereocenters. The molecular formula is C38H77N5O4. The van der Waals surface area contributed by atoms with E-state index in [4.69, 9.17) is 15.2 Å². The van der Waals surface area contributed by atoms with Crippen molar-refractivity contribution in [1.82, 2.24) is 19.6 Å². The van der Waals surface area contributed by atoms with Crippen LogP contribution in [0.5, 0.6) is 0 Å². The number of piperidine rings is 2. The standard InChI is InChI=1S/C13H26N2O2.C11H22N2O2.C9H19N.C4H6.CH4/c1-13(2,3)17-12(16)15-8-6-7-11(10-15)9-14(4)5;1-11(2,3)15-10(14)13-6-4-5-9(7-12)8-13;1-10(2)8-9-6-4-3-5-7-9;1-3-4-2;/h11H,6-10H2,1-5H3;9H,4-8,12H2,1-3H3;9H,3-8H2,1-2H3;1-2H3;1H4. The highest BCUT2D eigenvalue weighted by atomic mass is 16.6. The van der Waals surface area contributed by atoms with Crippen LogP contribution in [0, 0.1) is 29.6 Å². The molecule has 9 nitrogen and oxygen atoms in total. The summed E-state index contributed by atoms with van der Waals surface area (Å²) in [4.78, 5) is 31.8. The van der Waals surface area contributed by atoms with Gasteiger partial charge in [-0.15, -0.1) is 11.8 Å². The SMILES string of the molecule is C.CC#CC.CC(C)(C)OC(=O)N1CCCC(CN)C1.CN(C)CC1CCCCC1.CN(C)CC1CCCN(C(=O)OC(C)(C)C)C1. The van der Waals surface area contributed by atoms with Gasteiger partial charge < -0.3 is 34.8 Å². The van der Waals surface area contributed by atoms with Gasteiger partial charge in [0.05, 0.1) is 0 Å². The second kappa shape index (κ2) is 25.0. The van der Waals surface area contributed by atoms with Crippen LogP contribution in [-0.2, 0) is 9.47 Å². The summed E-state index contributed by atoms with van der Waals surface area (Å²) in [6.45, 7) is 21.2. The first-order valence-corrected chi connectivity index (χ1v) is 17.7. The van der Waals surface area contributed by atoms with E-state index in [2.05, 4.69) is 49.8 Å². The molecule has 47 heavy (non-hydrogen) atoms. The van der Waals surface area contributed by atoms with E-state index in [-0.39, 0.29) is 19.6 Å². The van der Waals surface area contributed by atoms with Gasteiger partial charge in [-0.3, -0.25) is 0 Å². The van der Waals surface area contributed by atoms with Crippen molar-refractivity contribution in [1.29, 1.82) is 0 Å². The van der Waals surface area contributed by atoms with E-state index in [0.717, 1.165) is 57.9 Å². The van der Waals surface area contributed by atoms with Gasteiger partial charge in [0, 0.05) is 39.3 Å². The number of hydrogen-bond donors (Lipinski definition) is 1. The molecular weight excluding hydrogens is 590 g/mol. The van der Waals surface area contributed by atoms with E-state index in [1.165, 1.54) is 45.1 Å². The molecule has 9 heteroatoms. The number of rotatable bonds is 5. The maximum absolute atomic E-state index is 11.9. The first-order valence-electron chi connectivity index (χ1n) is 17.7. The monoisotopic (exact) mass is 668 g/mol. The molecule has 2 amide bonds. The molecule has 3 rings (SSSR count). The molecule has 1 saturated carbocycles. The van der Waals surface area contributed by atoms with Crippen LogP contribution in [0.3, 0.4) is 0 Å². The number of ether oxygens (including phenoxy) is 2. The van der Waals surface area contributed by atoms with Crippen molar-refractivity contribution in [3.63, 3.8) is 0 Å². The number of carbonyl (C=O) groups is 2. The summed E-state index contributed by atoms with van der Waals surface area (Å²) in [6, 6.07) is 0. The molecule has 3 fully saturated rings. The topological polar surface area (TPSA) is 91.6 Å². The number of likely N-dealkylation sites (tertiary alicyclic amines) is 2. The Labute approximate surface area is 291 Å². The first-order chi connectivity index (χ1) is 21.4. The van der Waals surface area contributed by atoms with E-state index in [9.17, 15) is 9.59 Å². The highest BCUT2D eigenvalue weighted by molar-refractivity contribution is 5.68. The fourth-order valence-corrected chi connectivity index (χ4v) is 5.86. The van der Waals surface area contributed by atoms with Crippen LogP contribution >= 0.6 is 0 Å². The van der Waals surface area contributed by atoms with Crippen LogP contribution in [0.25, 0.3) is 0 Å². The van der Waals surface area contributed by atoms with Crippen molar-refractivity contribution in [2.45, 2.75) is 132 Å². The Balaban J connectivity index is 0. The molecule has 2 atom stereocenters. The Morgan fingerprint density at radius 2 is 1.02 bits per heavy atom. The number of amides is 2. The van der Waals surface area contributed by atoms with Crippen LogP contribution < -0.4 is 5.73 Å². The highest BCUT2D eigenvalue weighted by Gasteiger charge is 2.28. The molecule has 3 aliphatic rings. The van der Waals surface area contributed by atoms with Crippen LogP contribution in [0.15, 0.2) is 0 Å². The minimum Gasteiger partial charge on any atom is -0.444 e. The van der Waals surface area contributed by atoms with E-state index < -0.39 is 11.2 Å². The predicted molar refractivity (Wildman–Crippen MR) is 200 cm³/mol. The van der Waals surface area contributed by atoms with Crippen molar-refractivity contribution in [2.75, 3.05) is 74.0 Å². The summed E-state index contributed by atoms with van der Waals surface area (Å²) < 4.78 is 10.7. The second-order valence-electron chi connectivity index (χ2n) is 15.6. The number of nitrogens with zero attached hydrogens (tertiary/aromatic N) is 4. The lowest BCUT2D eigenvalue weighted by atomic mass is 9.89. The van der Waals surface area contributed by atoms with Gasteiger partial charge in [-0.05, 0) is 146 Å². The summed E-state index contributed by atoms with van der Waals surface area (Å²) in [5, 5.41) is 0. The summed E-state index contributed by atoms with van der Waals surface area (Å²) in [5.74, 6) is 7.38. The smallest absolute Gasteiger partial charge is 0.410 e. The van der Waals surface area contributed by atoms with Crippen molar-refractivity contribution in [3.8, 4) is 11.8 Å². The Kier molecular flexibility index (Phi) is 25.1. The maximum atomic E-state index is 11.9. The van der Waals surface area contributed by atoms with Gasteiger partial charge >= 0.3 is 12.2 Å². The minimum absolute atomic E-state index is 0. The number of carbonyl (C=O) groups excluding carboxylic acids is 2. The quantitative estimate of drug-likeness (QED) is 0.302. The molecule has 2 saturated heterocycles. The molecule has 0 aromatic carbocycles. The van der Waals surface area contributed by atoms with Crippen molar-refractivity contribution in [3.05, 3.63) is 0 Å². The third-order valence-corrected chi connectivity index (χ3v) is 7.90. The molecule has 2 aliphatic heterocycles. The Hall–Kier alpha value is -2.02. The van der Waals surface area contributed by atoms with Gasteiger partial charge in [0.1, 0.15) is 11.2 Å². The van der Waals surface area contributed by atoms with Crippen LogP contribution in [0.4, 0.5) is 9.59 Å². The van der Waals surface area contributed by atoms with E-state index in [1.807, 2.05) is 60.3 Å². The molecule has 278 valence electrons. The zero-order valence-electron chi connectivity index (χ0n) is 32.0. The molecule has 2 heterocycles. The third-order valence-electron chi connectivity index (χ3n) is 7.90. The van der Waals surface area contributed by atoms with Crippen molar-refractivity contribution >= 4 is 12.2 Å². The lowest BCUT2D eigenvalue weighted by Gasteiger charge is -2.35. The highest BCUT2D eigenvalue weighted by Crippen LogP contribution is 2.24. The summed E-state index contributed by atoms with van der Waals surface area (Å²) in [5.41, 5.74) is 4.81. The van der Waals surface area contributed by atoms with E-state index in [0.29, 0.717) is 18.4 Å². The summed E-state index contributed by atoms with van der Waals surface area (Å²) >= 11 is 0. The minimum atomic E-state index is -0.410. The maximum Gasteiger partial charge on any atom is 0.410 e. The van der Waals surface area contributed by atoms with E-state index in [1.54, 1.807) is 4.90 Å². The van der Waals surface area contributed by atoms with Crippen molar-refractivity contribution in [2.24, 2.45) is 23.5 Å². The molecule has 1 aliphatic carbocycles. The first kappa shape index (κ1) is 47.1. The second-order valence-corrected chi connectivity index (χ2v) is 15.6. The molecule has 0 aromatic heterocycles. The fraction of sp³-hybridized carbons (Fsp3) is 0.895. The molecule has 0 spiro atoms. The van der Waals surface area contributed by atoms with Gasteiger partial charge in [0.2, 0.25) is 0 Å². The normalized spacial score (nSPS) is 20.1. The van der Waals surface area contributed by atoms with Crippen LogP contribution in [0.1, 0.15) is 121 Å². The molecule has 0 aromatic rings. The van der Waals surface area contributed by atoms with Gasteiger partial charge in [-0.1, -0.05) is 26.7 Å². The average molecular weight is 668 g/mol. The third kappa shape index (κ3) is 25.6. The summed E-state index contributed by atoms with van der Waals surface area (Å²) in [7, 11) is 8.50. The zero-order chi connectivity index (χ0) is 35.3. The average Bonchev–Trinajstić information content (AvgIpc) is 2.96. The molecule has 2 N–H and O–H groups in total. The molecule has 0 radical (unpaired) electrons. The van der Waals surface area contributed by atoms with Crippen LogP contribution in [0.2, 0.25) is 0 Å². The Bertz CT molecular complexity index is 873. The fourth-order valence-electron chi connectivity index (χ4n) is 5.86. The predicted octanol–water partition coefficient (Wildman–Crippen LogP) is 7.58. The van der Waals surface area contributed by atoms with Gasteiger partial charge in [-0.25, -0.2) is 9.59 Å². The van der Waals surface area contributed by atoms with E-state index >= 15 is 0 Å². The van der Waals surface area contributed by atoms with Crippen LogP contribution in [-0.4, -0.2) is 117 Å².